The molecule has 71 heavy (non-hydrogen) atoms. The number of hydrogen-bond acceptors (Lipinski definition) is 12. The highest BCUT2D eigenvalue weighted by molar-refractivity contribution is 7.10. The number of hydrogen-bond donors (Lipinski definition) is 3. The summed E-state index contributed by atoms with van der Waals surface area (Å²) in [6.45, 7) is 10.9. The maximum Gasteiger partial charge on any atom is 0.324 e. The monoisotopic (exact) mass is 988 g/mol. The van der Waals surface area contributed by atoms with E-state index in [2.05, 4.69) is 65.7 Å². The Bertz CT molecular complexity index is 2740. The molecule has 2 saturated carbocycles. The van der Waals surface area contributed by atoms with Gasteiger partial charge in [0.05, 0.1) is 40.2 Å². The first-order valence-electron chi connectivity index (χ1n) is 26.2. The molecule has 6 fully saturated rings. The van der Waals surface area contributed by atoms with Gasteiger partial charge in [-0.3, -0.25) is 39.3 Å². The lowest BCUT2D eigenvalue weighted by atomic mass is 9.84. The zero-order valence-corrected chi connectivity index (χ0v) is 42.7. The first kappa shape index (κ1) is 48.1. The van der Waals surface area contributed by atoms with Crippen LogP contribution >= 0.6 is 11.3 Å². The van der Waals surface area contributed by atoms with Gasteiger partial charge in [-0.2, -0.15) is 0 Å². The molecule has 17 heteroatoms. The predicted octanol–water partition coefficient (Wildman–Crippen LogP) is 5.96. The van der Waals surface area contributed by atoms with Gasteiger partial charge in [-0.25, -0.2) is 10.4 Å². The van der Waals surface area contributed by atoms with Gasteiger partial charge in [0.15, 0.2) is 0 Å². The lowest BCUT2D eigenvalue weighted by Crippen LogP contribution is -2.62. The Morgan fingerprint density at radius 3 is 2.61 bits per heavy atom. The van der Waals surface area contributed by atoms with Gasteiger partial charge < -0.3 is 29.2 Å². The average Bonchev–Trinajstić information content (AvgIpc) is 4.07. The van der Waals surface area contributed by atoms with Crippen molar-refractivity contribution >= 4 is 51.8 Å². The van der Waals surface area contributed by atoms with Crippen LogP contribution in [-0.4, -0.2) is 129 Å². The molecule has 11 rings (SSSR count). The van der Waals surface area contributed by atoms with Crippen LogP contribution in [-0.2, 0) is 52.8 Å². The Morgan fingerprint density at radius 2 is 1.83 bits per heavy atom. The van der Waals surface area contributed by atoms with Crippen LogP contribution < -0.4 is 16.1 Å². The van der Waals surface area contributed by atoms with E-state index >= 15 is 4.79 Å². The molecule has 4 saturated heterocycles. The third-order valence-electron chi connectivity index (χ3n) is 16.8. The van der Waals surface area contributed by atoms with Crippen molar-refractivity contribution in [2.45, 2.75) is 148 Å². The van der Waals surface area contributed by atoms with Crippen molar-refractivity contribution in [2.24, 2.45) is 22.7 Å². The number of nitrogens with zero attached hydrogens (tertiary/aromatic N) is 6. The molecule has 2 aliphatic carbocycles. The van der Waals surface area contributed by atoms with Crippen molar-refractivity contribution < 1.29 is 33.4 Å². The molecule has 7 atom stereocenters. The minimum absolute atomic E-state index is 0.0582. The predicted molar refractivity (Wildman–Crippen MR) is 268 cm³/mol. The van der Waals surface area contributed by atoms with E-state index in [-0.39, 0.29) is 60.8 Å². The number of carbonyl (C=O) groups excluding carboxylic acids is 5. The van der Waals surface area contributed by atoms with Gasteiger partial charge in [0.2, 0.25) is 17.7 Å². The molecule has 7 aliphatic rings. The SMILES string of the molecule is CCn1c(-c2cccnc2[C@H](C)OC)c2c3cc(ccc31)-c1csc(n1)C[C@H](NC(=O)[C@H](C1CCCC1)N1CC[C@]3(CCN(C(=O)[C@@H]4NC4C4CC4)C3)C1=O)C(=O)N1CCC[C@H](N1)C(=O)OCC(C)(C)C2. The molecular weight excluding hydrogens is 919 g/mol. The van der Waals surface area contributed by atoms with E-state index in [0.717, 1.165) is 70.4 Å². The number of carbonyl (C=O) groups is 5. The third-order valence-corrected chi connectivity index (χ3v) is 17.7. The summed E-state index contributed by atoms with van der Waals surface area (Å²) < 4.78 is 14.3. The Morgan fingerprint density at radius 1 is 1.03 bits per heavy atom. The second-order valence-electron chi connectivity index (χ2n) is 22.3. The molecule has 5 aliphatic heterocycles. The number of hydrazine groups is 1. The Labute approximate surface area is 419 Å². The molecule has 3 aromatic heterocycles. The fraction of sp³-hybridized carbons (Fsp3) is 0.611. The maximum atomic E-state index is 15.1. The van der Waals surface area contributed by atoms with Gasteiger partial charge in [-0.05, 0) is 113 Å². The number of pyridine rings is 1. The number of methoxy groups -OCH3 is 1. The summed E-state index contributed by atoms with van der Waals surface area (Å²) in [6.07, 6.45) is 10.4. The van der Waals surface area contributed by atoms with Crippen molar-refractivity contribution in [1.82, 2.24) is 45.4 Å². The standard InChI is InChI=1S/C54H69N9O7S/c1-6-61-41-18-17-34-25-36(41)37(47(61)35-13-9-21-55-43(35)31(2)69-5)27-53(3,4)30-70-51(67)38-14-10-22-63(59-38)49(65)39(26-42-56-40(34)28-71-42)57-48(64)46(33-11-7-8-12-33)62-24-20-54(52(62)68)19-23-60(29-54)50(66)45-44(58-45)32-15-16-32/h9,13,17-18,21,25,28,31-33,38-39,44-46,58-59H,6-8,10-12,14-16,19-20,22-24,26-27,29-30H2,1-5H3,(H,57,64)/t31-,38-,39-,44?,45+,46-,54-/m0/s1. The van der Waals surface area contributed by atoms with Gasteiger partial charge in [-0.15, -0.1) is 11.3 Å². The number of rotatable bonds is 10. The summed E-state index contributed by atoms with van der Waals surface area (Å²) in [5, 5.41) is 11.8. The Kier molecular flexibility index (Phi) is 12.9. The highest BCUT2D eigenvalue weighted by atomic mass is 32.1. The first-order valence-corrected chi connectivity index (χ1v) is 27.1. The van der Waals surface area contributed by atoms with E-state index in [1.807, 2.05) is 23.3 Å². The quantitative estimate of drug-likeness (QED) is 0.126. The number of ether oxygens (including phenoxy) is 2. The van der Waals surface area contributed by atoms with Crippen LogP contribution in [0.25, 0.3) is 33.4 Å². The minimum atomic E-state index is -1.04. The lowest BCUT2D eigenvalue weighted by Gasteiger charge is -2.37. The zero-order chi connectivity index (χ0) is 49.3. The molecule has 0 radical (unpaired) electrons. The second kappa shape index (κ2) is 19.0. The summed E-state index contributed by atoms with van der Waals surface area (Å²) in [5.74, 6) is -0.583. The molecule has 8 heterocycles. The van der Waals surface area contributed by atoms with Gasteiger partial charge in [0.25, 0.3) is 5.91 Å². The Hall–Kier alpha value is -5.23. The van der Waals surface area contributed by atoms with Crippen LogP contribution in [0.5, 0.6) is 0 Å². The van der Waals surface area contributed by atoms with E-state index < -0.39 is 34.9 Å². The number of fused-ring (bicyclic) bond motifs is 6. The fourth-order valence-corrected chi connectivity index (χ4v) is 13.5. The summed E-state index contributed by atoms with van der Waals surface area (Å²) in [6, 6.07) is 8.07. The van der Waals surface area contributed by atoms with Crippen molar-refractivity contribution in [2.75, 3.05) is 39.9 Å². The number of esters is 1. The highest BCUT2D eigenvalue weighted by Crippen LogP contribution is 2.46. The van der Waals surface area contributed by atoms with Gasteiger partial charge in [0, 0.05) is 91.3 Å². The minimum Gasteiger partial charge on any atom is -0.464 e. The van der Waals surface area contributed by atoms with Crippen LogP contribution in [0.15, 0.2) is 41.9 Å². The van der Waals surface area contributed by atoms with E-state index in [0.29, 0.717) is 75.8 Å². The average molecular weight is 988 g/mol. The van der Waals surface area contributed by atoms with Gasteiger partial charge in [0.1, 0.15) is 24.2 Å². The molecular formula is C54H69N9O7S. The number of cyclic esters (lactones) is 1. The van der Waals surface area contributed by atoms with E-state index in [1.54, 1.807) is 18.2 Å². The van der Waals surface area contributed by atoms with Crippen molar-refractivity contribution in [3.63, 3.8) is 0 Å². The number of likely N-dealkylation sites (tertiary alicyclic amines) is 2. The van der Waals surface area contributed by atoms with Gasteiger partial charge >= 0.3 is 5.97 Å². The molecule has 6 bridgehead atoms. The van der Waals surface area contributed by atoms with Crippen molar-refractivity contribution in [3.8, 4) is 22.5 Å². The third kappa shape index (κ3) is 9.07. The maximum absolute atomic E-state index is 15.1. The molecule has 3 N–H and O–H groups in total. The van der Waals surface area contributed by atoms with Crippen LogP contribution in [0.3, 0.4) is 0 Å². The smallest absolute Gasteiger partial charge is 0.324 e. The molecule has 4 aromatic rings. The van der Waals surface area contributed by atoms with Crippen molar-refractivity contribution in [1.29, 1.82) is 0 Å². The molecule has 1 aromatic carbocycles. The first-order chi connectivity index (χ1) is 34.3. The number of aryl methyl sites for hydroxylation is 1. The van der Waals surface area contributed by atoms with Crippen LogP contribution in [0, 0.1) is 22.7 Å². The fourth-order valence-electron chi connectivity index (χ4n) is 12.7. The normalized spacial score (nSPS) is 27.8. The summed E-state index contributed by atoms with van der Waals surface area (Å²) >= 11 is 1.45. The zero-order valence-electron chi connectivity index (χ0n) is 41.8. The van der Waals surface area contributed by atoms with E-state index in [4.69, 9.17) is 19.4 Å². The molecule has 1 unspecified atom stereocenters. The summed E-state index contributed by atoms with van der Waals surface area (Å²) in [7, 11) is 1.69. The number of nitrogens with one attached hydrogen (secondary N) is 3. The Balaban J connectivity index is 0.917. The van der Waals surface area contributed by atoms with Gasteiger partial charge in [-0.1, -0.05) is 32.8 Å². The van der Waals surface area contributed by atoms with Crippen LogP contribution in [0.2, 0.25) is 0 Å². The largest absolute Gasteiger partial charge is 0.464 e. The molecule has 4 amide bonds. The lowest BCUT2D eigenvalue weighted by molar-refractivity contribution is -0.155. The van der Waals surface area contributed by atoms with Crippen LogP contribution in [0.1, 0.15) is 114 Å². The van der Waals surface area contributed by atoms with E-state index in [9.17, 15) is 19.2 Å². The highest BCUT2D eigenvalue weighted by Gasteiger charge is 2.58. The topological polar surface area (TPSA) is 190 Å². The van der Waals surface area contributed by atoms with E-state index in [1.165, 1.54) is 29.2 Å². The molecule has 1 spiro atoms. The van der Waals surface area contributed by atoms with Crippen LogP contribution in [0.4, 0.5) is 0 Å². The summed E-state index contributed by atoms with van der Waals surface area (Å²) in [4.78, 5) is 86.1. The summed E-state index contributed by atoms with van der Waals surface area (Å²) in [5.41, 5.74) is 8.73. The molecule has 16 nitrogen and oxygen atoms in total. The number of amides is 4. The number of aromatic nitrogens is 3. The molecule has 378 valence electrons. The number of benzene rings is 1. The number of thiazole rings is 1. The van der Waals surface area contributed by atoms with Crippen molar-refractivity contribution in [3.05, 3.63) is 58.2 Å². The second-order valence-corrected chi connectivity index (χ2v) is 23.3.